The number of ether oxygens (including phenoxy) is 2. The van der Waals surface area contributed by atoms with Crippen LogP contribution in [0.3, 0.4) is 0 Å². The van der Waals surface area contributed by atoms with E-state index in [-0.39, 0.29) is 5.75 Å². The first-order valence-corrected chi connectivity index (χ1v) is 12.8. The average molecular weight is 529 g/mol. The second-order valence-corrected chi connectivity index (χ2v) is 10.3. The van der Waals surface area contributed by atoms with Crippen LogP contribution in [-0.4, -0.2) is 51.6 Å². The molecule has 36 heavy (non-hydrogen) atoms. The van der Waals surface area contributed by atoms with E-state index in [9.17, 15) is 28.4 Å². The highest BCUT2D eigenvalue weighted by atomic mass is 31.2. The van der Waals surface area contributed by atoms with Gasteiger partial charge in [0.2, 0.25) is 5.82 Å². The fraction of sp³-hybridized carbons (Fsp3) is 0.500. The van der Waals surface area contributed by atoms with Gasteiger partial charge in [-0.05, 0) is 32.9 Å². The lowest BCUT2D eigenvalue weighted by molar-refractivity contribution is -0.149. The summed E-state index contributed by atoms with van der Waals surface area (Å²) in [6.45, 7) is 5.82. The molecule has 1 aromatic carbocycles. The molecule has 1 aromatic heterocycles. The van der Waals surface area contributed by atoms with Gasteiger partial charge in [-0.2, -0.15) is 9.48 Å². The minimum atomic E-state index is -4.23. The molecule has 198 valence electrons. The van der Waals surface area contributed by atoms with Crippen LogP contribution in [0.4, 0.5) is 4.39 Å². The number of aliphatic hydroxyl groups excluding tert-OH is 1. The normalized spacial score (nSPS) is 24.3. The van der Waals surface area contributed by atoms with Crippen LogP contribution in [0.1, 0.15) is 33.9 Å². The molecule has 6 atom stereocenters. The molecule has 2 aromatic rings. The Kier molecular flexibility index (Phi) is 8.85. The third-order valence-electron chi connectivity index (χ3n) is 5.32. The molecule has 0 radical (unpaired) electrons. The Bertz CT molecular complexity index is 1220. The highest BCUT2D eigenvalue weighted by Gasteiger charge is 2.44. The lowest BCUT2D eigenvalue weighted by Gasteiger charge is -2.25. The molecule has 2 heterocycles. The maximum Gasteiger partial charge on any atom is 0.459 e. The van der Waals surface area contributed by atoms with E-state index in [4.69, 9.17) is 18.5 Å². The summed E-state index contributed by atoms with van der Waals surface area (Å²) in [7, 11) is -4.23. The largest absolute Gasteiger partial charge is 0.462 e. The van der Waals surface area contributed by atoms with Gasteiger partial charge in [0, 0.05) is 5.92 Å². The number of hydrogen-bond acceptors (Lipinski definition) is 9. The molecule has 0 amide bonds. The summed E-state index contributed by atoms with van der Waals surface area (Å²) in [5.74, 6) is -2.43. The van der Waals surface area contributed by atoms with Gasteiger partial charge in [-0.15, -0.1) is 0 Å². The number of carbonyl (C=O) groups excluding carboxylic acids is 1. The van der Waals surface area contributed by atoms with Crippen LogP contribution in [-0.2, 0) is 23.4 Å². The summed E-state index contributed by atoms with van der Waals surface area (Å²) in [4.78, 5) is 37.6. The standard InChI is InChI=1S/C22H29FN3O9P/c1-12(2)33-21(29)14(4)25-36(31,35-15-8-6-5-7-9-15)32-11-17-18(27)13(3)20(34-17)26-10-16(23)19(28)24-22(26)30/h5-10,12-14,17-18,20,27H,11H2,1-4H3,(H,25,31)(H,24,28,30)/t13-,14-,17+,18-,20+,36?/m0/s1. The molecule has 0 spiro atoms. The number of nitrogens with one attached hydrogen (secondary N) is 2. The monoisotopic (exact) mass is 529 g/mol. The van der Waals surface area contributed by atoms with Gasteiger partial charge in [0.1, 0.15) is 24.1 Å². The number of aromatic nitrogens is 2. The molecule has 1 unspecified atom stereocenters. The van der Waals surface area contributed by atoms with E-state index in [1.165, 1.54) is 19.1 Å². The van der Waals surface area contributed by atoms with E-state index >= 15 is 0 Å². The van der Waals surface area contributed by atoms with Crippen molar-refractivity contribution in [1.82, 2.24) is 14.6 Å². The molecule has 0 aliphatic carbocycles. The van der Waals surface area contributed by atoms with Crippen LogP contribution in [0.5, 0.6) is 5.75 Å². The summed E-state index contributed by atoms with van der Waals surface area (Å²) in [5, 5.41) is 13.2. The molecular weight excluding hydrogens is 500 g/mol. The maximum absolute atomic E-state index is 13.8. The fourth-order valence-corrected chi connectivity index (χ4v) is 5.01. The number of halogens is 1. The topological polar surface area (TPSA) is 158 Å². The third kappa shape index (κ3) is 6.68. The molecule has 0 bridgehead atoms. The number of H-pyrrole nitrogens is 1. The smallest absolute Gasteiger partial charge is 0.459 e. The number of carbonyl (C=O) groups is 1. The zero-order valence-corrected chi connectivity index (χ0v) is 21.0. The van der Waals surface area contributed by atoms with Crippen molar-refractivity contribution in [3.63, 3.8) is 0 Å². The Morgan fingerprint density at radius 1 is 1.28 bits per heavy atom. The SMILES string of the molecule is CC(C)OC(=O)[C@H](C)NP(=O)(OC[C@H]1O[C@@H](n2cc(F)c(=O)[nH]c2=O)[C@@H](C)[C@@H]1O)Oc1ccccc1. The quantitative estimate of drug-likeness (QED) is 0.306. The summed E-state index contributed by atoms with van der Waals surface area (Å²) in [6, 6.07) is 7.00. The van der Waals surface area contributed by atoms with Gasteiger partial charge in [-0.3, -0.25) is 23.7 Å². The number of benzene rings is 1. The summed E-state index contributed by atoms with van der Waals surface area (Å²) in [6.07, 6.45) is -3.19. The van der Waals surface area contributed by atoms with Crippen LogP contribution < -0.4 is 20.9 Å². The first-order chi connectivity index (χ1) is 16.9. The second kappa shape index (κ2) is 11.5. The molecule has 1 aliphatic heterocycles. The van der Waals surface area contributed by atoms with Gasteiger partial charge in [-0.25, -0.2) is 9.36 Å². The van der Waals surface area contributed by atoms with Crippen LogP contribution in [0.15, 0.2) is 46.1 Å². The molecule has 3 N–H and O–H groups in total. The van der Waals surface area contributed by atoms with Gasteiger partial charge >= 0.3 is 19.4 Å². The van der Waals surface area contributed by atoms with E-state index in [1.54, 1.807) is 39.0 Å². The molecule has 1 fully saturated rings. The Balaban J connectivity index is 1.77. The lowest BCUT2D eigenvalue weighted by Crippen LogP contribution is -2.37. The Morgan fingerprint density at radius 2 is 1.94 bits per heavy atom. The van der Waals surface area contributed by atoms with E-state index in [0.29, 0.717) is 6.20 Å². The number of nitrogens with zero attached hydrogens (tertiary/aromatic N) is 1. The summed E-state index contributed by atoms with van der Waals surface area (Å²) < 4.78 is 50.0. The first kappa shape index (κ1) is 27.8. The predicted octanol–water partition coefficient (Wildman–Crippen LogP) is 1.70. The van der Waals surface area contributed by atoms with Gasteiger partial charge in [0.05, 0.1) is 25.0 Å². The lowest BCUT2D eigenvalue weighted by atomic mass is 10.0. The number of hydrogen-bond donors (Lipinski definition) is 3. The second-order valence-electron chi connectivity index (χ2n) is 8.59. The number of aliphatic hydroxyl groups is 1. The zero-order valence-electron chi connectivity index (χ0n) is 20.1. The number of para-hydroxylation sites is 1. The molecule has 0 saturated carbocycles. The molecule has 3 rings (SSSR count). The van der Waals surface area contributed by atoms with Crippen molar-refractivity contribution in [2.75, 3.05) is 6.61 Å². The fourth-order valence-electron chi connectivity index (χ4n) is 3.50. The Morgan fingerprint density at radius 3 is 2.58 bits per heavy atom. The number of aromatic amines is 1. The summed E-state index contributed by atoms with van der Waals surface area (Å²) >= 11 is 0. The van der Waals surface area contributed by atoms with E-state index in [2.05, 4.69) is 5.09 Å². The van der Waals surface area contributed by atoms with Crippen LogP contribution in [0, 0.1) is 11.7 Å². The van der Waals surface area contributed by atoms with Crippen molar-refractivity contribution < 1.29 is 37.4 Å². The Hall–Kier alpha value is -2.83. The number of esters is 1. The van der Waals surface area contributed by atoms with E-state index in [1.807, 2.05) is 4.98 Å². The molecule has 14 heteroatoms. The van der Waals surface area contributed by atoms with Crippen molar-refractivity contribution in [1.29, 1.82) is 0 Å². The van der Waals surface area contributed by atoms with Gasteiger partial charge < -0.3 is 19.1 Å². The Labute approximate surface area is 205 Å². The maximum atomic E-state index is 13.8. The van der Waals surface area contributed by atoms with Crippen LogP contribution >= 0.6 is 7.75 Å². The molecule has 12 nitrogen and oxygen atoms in total. The zero-order chi connectivity index (χ0) is 26.6. The van der Waals surface area contributed by atoms with Crippen molar-refractivity contribution in [2.45, 2.75) is 58.3 Å². The van der Waals surface area contributed by atoms with Crippen molar-refractivity contribution in [2.24, 2.45) is 5.92 Å². The van der Waals surface area contributed by atoms with E-state index < -0.39 is 73.9 Å². The van der Waals surface area contributed by atoms with Gasteiger partial charge in [0.25, 0.3) is 5.56 Å². The molecule has 1 aliphatic rings. The molecule has 1 saturated heterocycles. The highest BCUT2D eigenvalue weighted by Crippen LogP contribution is 2.46. The van der Waals surface area contributed by atoms with Gasteiger partial charge in [0.15, 0.2) is 0 Å². The molecular formula is C22H29FN3O9P. The average Bonchev–Trinajstić information content (AvgIpc) is 3.08. The van der Waals surface area contributed by atoms with Crippen LogP contribution in [0.2, 0.25) is 0 Å². The van der Waals surface area contributed by atoms with Crippen LogP contribution in [0.25, 0.3) is 0 Å². The van der Waals surface area contributed by atoms with E-state index in [0.717, 1.165) is 4.57 Å². The number of rotatable bonds is 10. The van der Waals surface area contributed by atoms with Crippen molar-refractivity contribution in [3.05, 3.63) is 63.2 Å². The van der Waals surface area contributed by atoms with Crippen molar-refractivity contribution >= 4 is 13.7 Å². The highest BCUT2D eigenvalue weighted by molar-refractivity contribution is 7.52. The minimum Gasteiger partial charge on any atom is -0.462 e. The van der Waals surface area contributed by atoms with Crippen molar-refractivity contribution in [3.8, 4) is 5.75 Å². The van der Waals surface area contributed by atoms with Gasteiger partial charge in [-0.1, -0.05) is 25.1 Å². The third-order valence-corrected chi connectivity index (χ3v) is 6.96. The first-order valence-electron chi connectivity index (χ1n) is 11.2. The predicted molar refractivity (Wildman–Crippen MR) is 125 cm³/mol. The summed E-state index contributed by atoms with van der Waals surface area (Å²) in [5.41, 5.74) is -2.11. The minimum absolute atomic E-state index is 0.187.